The molecule has 1 atom stereocenters. The largest absolute Gasteiger partial charge is 0.338 e. The summed E-state index contributed by atoms with van der Waals surface area (Å²) < 4.78 is 12.9. The van der Waals surface area contributed by atoms with E-state index in [1.54, 1.807) is 4.90 Å². The predicted octanol–water partition coefficient (Wildman–Crippen LogP) is 2.32. The van der Waals surface area contributed by atoms with Crippen LogP contribution in [-0.4, -0.2) is 30.4 Å². The minimum atomic E-state index is -0.437. The Bertz CT molecular complexity index is 442. The minimum absolute atomic E-state index is 0. The SMILES string of the molecule is Cl.NCC1CCN(C(=O)c2ccc(F)cc2Cl)C1. The summed E-state index contributed by atoms with van der Waals surface area (Å²) in [7, 11) is 0. The molecule has 0 spiro atoms. The fraction of sp³-hybridized carbons (Fsp3) is 0.417. The van der Waals surface area contributed by atoms with Crippen molar-refractivity contribution in [3.05, 3.63) is 34.6 Å². The lowest BCUT2D eigenvalue weighted by Gasteiger charge is -2.17. The van der Waals surface area contributed by atoms with Crippen molar-refractivity contribution in [2.75, 3.05) is 19.6 Å². The van der Waals surface area contributed by atoms with Crippen LogP contribution in [0.1, 0.15) is 16.8 Å². The van der Waals surface area contributed by atoms with Gasteiger partial charge in [-0.05, 0) is 37.1 Å². The number of rotatable bonds is 2. The van der Waals surface area contributed by atoms with E-state index in [-0.39, 0.29) is 23.3 Å². The van der Waals surface area contributed by atoms with E-state index in [1.807, 2.05) is 0 Å². The molecule has 1 heterocycles. The number of nitrogens with two attached hydrogens (primary N) is 1. The molecule has 2 N–H and O–H groups in total. The van der Waals surface area contributed by atoms with Crippen LogP contribution < -0.4 is 5.73 Å². The molecule has 0 aromatic heterocycles. The Balaban J connectivity index is 0.00000162. The molecule has 1 saturated heterocycles. The number of hydrogen-bond donors (Lipinski definition) is 1. The van der Waals surface area contributed by atoms with Crippen LogP contribution in [0.2, 0.25) is 5.02 Å². The highest BCUT2D eigenvalue weighted by Crippen LogP contribution is 2.22. The Morgan fingerprint density at radius 2 is 2.28 bits per heavy atom. The van der Waals surface area contributed by atoms with E-state index < -0.39 is 5.82 Å². The topological polar surface area (TPSA) is 46.3 Å². The number of hydrogen-bond acceptors (Lipinski definition) is 2. The van der Waals surface area contributed by atoms with Crippen molar-refractivity contribution in [3.63, 3.8) is 0 Å². The van der Waals surface area contributed by atoms with Gasteiger partial charge in [-0.25, -0.2) is 4.39 Å². The van der Waals surface area contributed by atoms with E-state index in [0.717, 1.165) is 12.5 Å². The van der Waals surface area contributed by atoms with E-state index in [4.69, 9.17) is 17.3 Å². The van der Waals surface area contributed by atoms with Gasteiger partial charge in [-0.3, -0.25) is 4.79 Å². The van der Waals surface area contributed by atoms with Gasteiger partial charge in [0.05, 0.1) is 10.6 Å². The Hall–Kier alpha value is -0.840. The summed E-state index contributed by atoms with van der Waals surface area (Å²) >= 11 is 5.86. The van der Waals surface area contributed by atoms with Crippen molar-refractivity contribution in [1.29, 1.82) is 0 Å². The van der Waals surface area contributed by atoms with Gasteiger partial charge >= 0.3 is 0 Å². The third kappa shape index (κ3) is 3.13. The highest BCUT2D eigenvalue weighted by atomic mass is 35.5. The molecule has 0 saturated carbocycles. The van der Waals surface area contributed by atoms with E-state index in [9.17, 15) is 9.18 Å². The number of carbonyl (C=O) groups is 1. The van der Waals surface area contributed by atoms with Crippen LogP contribution in [0.5, 0.6) is 0 Å². The van der Waals surface area contributed by atoms with Gasteiger partial charge in [0, 0.05) is 13.1 Å². The summed E-state index contributed by atoms with van der Waals surface area (Å²) in [4.78, 5) is 13.8. The molecule has 1 amide bonds. The number of carbonyl (C=O) groups excluding carboxylic acids is 1. The zero-order valence-corrected chi connectivity index (χ0v) is 11.3. The first-order chi connectivity index (χ1) is 8.11. The van der Waals surface area contributed by atoms with E-state index >= 15 is 0 Å². The van der Waals surface area contributed by atoms with Crippen molar-refractivity contribution >= 4 is 29.9 Å². The van der Waals surface area contributed by atoms with Crippen molar-refractivity contribution < 1.29 is 9.18 Å². The Kier molecular flexibility index (Phi) is 5.38. The van der Waals surface area contributed by atoms with Gasteiger partial charge in [-0.1, -0.05) is 11.6 Å². The number of nitrogens with zero attached hydrogens (tertiary/aromatic N) is 1. The van der Waals surface area contributed by atoms with Crippen LogP contribution in [0.4, 0.5) is 4.39 Å². The second-order valence-corrected chi connectivity index (χ2v) is 4.67. The second kappa shape index (κ2) is 6.36. The maximum Gasteiger partial charge on any atom is 0.255 e. The highest BCUT2D eigenvalue weighted by Gasteiger charge is 2.27. The molecule has 2 rings (SSSR count). The molecule has 0 bridgehead atoms. The molecular formula is C12H15Cl2FN2O. The van der Waals surface area contributed by atoms with Crippen LogP contribution in [0.3, 0.4) is 0 Å². The van der Waals surface area contributed by atoms with Crippen LogP contribution in [-0.2, 0) is 0 Å². The van der Waals surface area contributed by atoms with Crippen LogP contribution >= 0.6 is 24.0 Å². The lowest BCUT2D eigenvalue weighted by atomic mass is 10.1. The molecule has 1 aliphatic heterocycles. The summed E-state index contributed by atoms with van der Waals surface area (Å²) in [6.45, 7) is 1.93. The average molecular weight is 293 g/mol. The first-order valence-corrected chi connectivity index (χ1v) is 5.94. The number of halogens is 3. The highest BCUT2D eigenvalue weighted by molar-refractivity contribution is 6.33. The van der Waals surface area contributed by atoms with Crippen molar-refractivity contribution in [1.82, 2.24) is 4.90 Å². The van der Waals surface area contributed by atoms with Gasteiger partial charge in [-0.2, -0.15) is 0 Å². The Labute approximate surface area is 116 Å². The predicted molar refractivity (Wildman–Crippen MR) is 71.7 cm³/mol. The summed E-state index contributed by atoms with van der Waals surface area (Å²) in [5.41, 5.74) is 5.92. The summed E-state index contributed by atoms with van der Waals surface area (Å²) in [6.07, 6.45) is 0.918. The molecule has 1 aromatic rings. The monoisotopic (exact) mass is 292 g/mol. The van der Waals surface area contributed by atoms with Crippen LogP contribution in [0.15, 0.2) is 18.2 Å². The Morgan fingerprint density at radius 1 is 1.56 bits per heavy atom. The molecule has 3 nitrogen and oxygen atoms in total. The third-order valence-electron chi connectivity index (χ3n) is 3.07. The lowest BCUT2D eigenvalue weighted by molar-refractivity contribution is 0.0788. The van der Waals surface area contributed by atoms with Gasteiger partial charge in [0.2, 0.25) is 0 Å². The van der Waals surface area contributed by atoms with Crippen molar-refractivity contribution in [3.8, 4) is 0 Å². The first-order valence-electron chi connectivity index (χ1n) is 5.56. The molecule has 100 valence electrons. The molecule has 1 unspecified atom stereocenters. The molecule has 1 fully saturated rings. The molecule has 6 heteroatoms. The standard InChI is InChI=1S/C12H14ClFN2O.ClH/c13-11-5-9(14)1-2-10(11)12(17)16-4-3-8(6-15)7-16;/h1-2,5,8H,3-4,6-7,15H2;1H. The van der Waals surface area contributed by atoms with Crippen molar-refractivity contribution in [2.45, 2.75) is 6.42 Å². The van der Waals surface area contributed by atoms with Gasteiger partial charge in [0.15, 0.2) is 0 Å². The van der Waals surface area contributed by atoms with Crippen molar-refractivity contribution in [2.24, 2.45) is 11.7 Å². The van der Waals surface area contributed by atoms with E-state index in [0.29, 0.717) is 31.1 Å². The number of amides is 1. The molecule has 18 heavy (non-hydrogen) atoms. The fourth-order valence-corrected chi connectivity index (χ4v) is 2.29. The van der Waals surface area contributed by atoms with E-state index in [2.05, 4.69) is 0 Å². The zero-order valence-electron chi connectivity index (χ0n) is 9.73. The number of benzene rings is 1. The summed E-state index contributed by atoms with van der Waals surface area (Å²) in [5, 5.41) is 0.159. The maximum atomic E-state index is 12.9. The van der Waals surface area contributed by atoms with Gasteiger partial charge < -0.3 is 10.6 Å². The van der Waals surface area contributed by atoms with Gasteiger partial charge in [0.1, 0.15) is 5.82 Å². The lowest BCUT2D eigenvalue weighted by Crippen LogP contribution is -2.30. The van der Waals surface area contributed by atoms with Gasteiger partial charge in [-0.15, -0.1) is 12.4 Å². The molecular weight excluding hydrogens is 278 g/mol. The molecule has 0 aliphatic carbocycles. The Morgan fingerprint density at radius 3 is 2.83 bits per heavy atom. The molecule has 0 radical (unpaired) electrons. The normalized spacial score (nSPS) is 18.6. The molecule has 1 aliphatic rings. The summed E-state index contributed by atoms with van der Waals surface area (Å²) in [6, 6.07) is 3.83. The first kappa shape index (κ1) is 15.2. The molecule has 1 aromatic carbocycles. The fourth-order valence-electron chi connectivity index (χ4n) is 2.04. The smallest absolute Gasteiger partial charge is 0.255 e. The second-order valence-electron chi connectivity index (χ2n) is 4.27. The maximum absolute atomic E-state index is 12.9. The quantitative estimate of drug-likeness (QED) is 0.909. The van der Waals surface area contributed by atoms with Crippen LogP contribution in [0.25, 0.3) is 0 Å². The van der Waals surface area contributed by atoms with E-state index in [1.165, 1.54) is 12.1 Å². The minimum Gasteiger partial charge on any atom is -0.338 e. The summed E-state index contributed by atoms with van der Waals surface area (Å²) in [5.74, 6) is -0.225. The van der Waals surface area contributed by atoms with Gasteiger partial charge in [0.25, 0.3) is 5.91 Å². The zero-order chi connectivity index (χ0) is 12.4. The number of likely N-dealkylation sites (tertiary alicyclic amines) is 1. The average Bonchev–Trinajstić information content (AvgIpc) is 2.76. The van der Waals surface area contributed by atoms with Crippen LogP contribution in [0, 0.1) is 11.7 Å². The third-order valence-corrected chi connectivity index (χ3v) is 3.38.